The summed E-state index contributed by atoms with van der Waals surface area (Å²) in [5.41, 5.74) is 0.584. The molecule has 0 radical (unpaired) electrons. The molecule has 22 heavy (non-hydrogen) atoms. The number of aliphatic hydroxyl groups excluding tert-OH is 1. The SMILES string of the molecule is CC(C)NC(=O)CCCC(=O)NCC(O)c1ccccc1Cl. The highest BCUT2D eigenvalue weighted by atomic mass is 35.5. The lowest BCUT2D eigenvalue weighted by Gasteiger charge is -2.13. The Bertz CT molecular complexity index is 506. The van der Waals surface area contributed by atoms with Crippen LogP contribution in [0.4, 0.5) is 0 Å². The molecule has 0 bridgehead atoms. The Balaban J connectivity index is 2.26. The fourth-order valence-corrected chi connectivity index (χ4v) is 2.22. The second-order valence-electron chi connectivity index (χ2n) is 5.42. The number of hydrogen-bond donors (Lipinski definition) is 3. The fourth-order valence-electron chi connectivity index (χ4n) is 1.96. The van der Waals surface area contributed by atoms with E-state index in [-0.39, 0.29) is 30.8 Å². The Morgan fingerprint density at radius 3 is 2.45 bits per heavy atom. The number of halogens is 1. The molecule has 1 aromatic carbocycles. The summed E-state index contributed by atoms with van der Waals surface area (Å²) in [4.78, 5) is 23.1. The summed E-state index contributed by atoms with van der Waals surface area (Å²) < 4.78 is 0. The van der Waals surface area contributed by atoms with Gasteiger partial charge < -0.3 is 15.7 Å². The van der Waals surface area contributed by atoms with Gasteiger partial charge in [-0.15, -0.1) is 0 Å². The Morgan fingerprint density at radius 1 is 1.18 bits per heavy atom. The molecule has 1 rings (SSSR count). The molecule has 0 aliphatic rings. The molecule has 0 aliphatic carbocycles. The maximum absolute atomic E-state index is 11.7. The van der Waals surface area contributed by atoms with Crippen molar-refractivity contribution in [1.82, 2.24) is 10.6 Å². The molecule has 2 amide bonds. The van der Waals surface area contributed by atoms with Crippen molar-refractivity contribution in [2.45, 2.75) is 45.3 Å². The van der Waals surface area contributed by atoms with E-state index < -0.39 is 6.10 Å². The van der Waals surface area contributed by atoms with Gasteiger partial charge in [0.1, 0.15) is 0 Å². The minimum atomic E-state index is -0.845. The summed E-state index contributed by atoms with van der Waals surface area (Å²) in [6.07, 6.45) is 0.202. The topological polar surface area (TPSA) is 78.4 Å². The lowest BCUT2D eigenvalue weighted by molar-refractivity contribution is -0.122. The molecule has 1 atom stereocenters. The molecule has 3 N–H and O–H groups in total. The highest BCUT2D eigenvalue weighted by molar-refractivity contribution is 6.31. The predicted molar refractivity (Wildman–Crippen MR) is 86.6 cm³/mol. The molecule has 0 heterocycles. The van der Waals surface area contributed by atoms with E-state index in [0.29, 0.717) is 23.4 Å². The van der Waals surface area contributed by atoms with Crippen LogP contribution in [0.2, 0.25) is 5.02 Å². The first-order valence-corrected chi connectivity index (χ1v) is 7.76. The van der Waals surface area contributed by atoms with Crippen LogP contribution >= 0.6 is 11.6 Å². The molecular formula is C16H23ClN2O3. The summed E-state index contributed by atoms with van der Waals surface area (Å²) in [5.74, 6) is -0.248. The van der Waals surface area contributed by atoms with Crippen LogP contribution < -0.4 is 10.6 Å². The van der Waals surface area contributed by atoms with Crippen molar-refractivity contribution >= 4 is 23.4 Å². The third-order valence-electron chi connectivity index (χ3n) is 3.01. The van der Waals surface area contributed by atoms with Crippen molar-refractivity contribution < 1.29 is 14.7 Å². The molecule has 0 aromatic heterocycles. The Kier molecular flexibility index (Phi) is 7.91. The van der Waals surface area contributed by atoms with E-state index >= 15 is 0 Å². The molecule has 0 saturated heterocycles. The minimum absolute atomic E-state index is 0.0566. The zero-order valence-electron chi connectivity index (χ0n) is 12.9. The van der Waals surface area contributed by atoms with E-state index in [1.807, 2.05) is 13.8 Å². The van der Waals surface area contributed by atoms with E-state index in [1.54, 1.807) is 24.3 Å². The van der Waals surface area contributed by atoms with E-state index in [2.05, 4.69) is 10.6 Å². The van der Waals surface area contributed by atoms with Crippen LogP contribution in [0.3, 0.4) is 0 Å². The summed E-state index contributed by atoms with van der Waals surface area (Å²) in [5, 5.41) is 15.9. The van der Waals surface area contributed by atoms with E-state index in [9.17, 15) is 14.7 Å². The minimum Gasteiger partial charge on any atom is -0.387 e. The monoisotopic (exact) mass is 326 g/mol. The lowest BCUT2D eigenvalue weighted by atomic mass is 10.1. The molecule has 0 spiro atoms. The maximum atomic E-state index is 11.7. The number of carbonyl (C=O) groups excluding carboxylic acids is 2. The highest BCUT2D eigenvalue weighted by Gasteiger charge is 2.12. The van der Waals surface area contributed by atoms with Gasteiger partial charge in [-0.25, -0.2) is 0 Å². The molecule has 122 valence electrons. The first kappa shape index (κ1) is 18.5. The molecule has 5 nitrogen and oxygen atoms in total. The third-order valence-corrected chi connectivity index (χ3v) is 3.36. The van der Waals surface area contributed by atoms with Gasteiger partial charge in [0, 0.05) is 36.0 Å². The van der Waals surface area contributed by atoms with Crippen molar-refractivity contribution in [3.63, 3.8) is 0 Å². The second kappa shape index (κ2) is 9.43. The first-order chi connectivity index (χ1) is 10.4. The molecular weight excluding hydrogens is 304 g/mol. The average Bonchev–Trinajstić information content (AvgIpc) is 2.44. The van der Waals surface area contributed by atoms with E-state index in [1.165, 1.54) is 0 Å². The largest absolute Gasteiger partial charge is 0.387 e. The number of aliphatic hydroxyl groups is 1. The predicted octanol–water partition coefficient (Wildman–Crippen LogP) is 2.18. The van der Waals surface area contributed by atoms with Crippen molar-refractivity contribution in [1.29, 1.82) is 0 Å². The molecule has 1 aromatic rings. The quantitative estimate of drug-likeness (QED) is 0.685. The smallest absolute Gasteiger partial charge is 0.220 e. The zero-order valence-corrected chi connectivity index (χ0v) is 13.7. The van der Waals surface area contributed by atoms with Gasteiger partial charge in [-0.3, -0.25) is 9.59 Å². The molecule has 6 heteroatoms. The van der Waals surface area contributed by atoms with Gasteiger partial charge in [0.2, 0.25) is 11.8 Å². The number of amides is 2. The Hall–Kier alpha value is -1.59. The number of hydrogen-bond acceptors (Lipinski definition) is 3. The Morgan fingerprint density at radius 2 is 1.82 bits per heavy atom. The van der Waals surface area contributed by atoms with E-state index in [0.717, 1.165) is 0 Å². The summed E-state index contributed by atoms with van der Waals surface area (Å²) >= 11 is 5.98. The van der Waals surface area contributed by atoms with Crippen molar-refractivity contribution in [3.05, 3.63) is 34.9 Å². The van der Waals surface area contributed by atoms with Gasteiger partial charge in [0.15, 0.2) is 0 Å². The summed E-state index contributed by atoms with van der Waals surface area (Å²) in [7, 11) is 0. The number of carbonyl (C=O) groups is 2. The summed E-state index contributed by atoms with van der Waals surface area (Å²) in [6.45, 7) is 3.88. The van der Waals surface area contributed by atoms with Crippen molar-refractivity contribution in [2.75, 3.05) is 6.54 Å². The van der Waals surface area contributed by atoms with Crippen LogP contribution in [0.1, 0.15) is 44.8 Å². The average molecular weight is 327 g/mol. The molecule has 0 saturated carbocycles. The lowest BCUT2D eigenvalue weighted by Crippen LogP contribution is -2.31. The van der Waals surface area contributed by atoms with Crippen molar-refractivity contribution in [3.8, 4) is 0 Å². The highest BCUT2D eigenvalue weighted by Crippen LogP contribution is 2.21. The molecule has 0 fully saturated rings. The van der Waals surface area contributed by atoms with Gasteiger partial charge >= 0.3 is 0 Å². The first-order valence-electron chi connectivity index (χ1n) is 7.38. The Labute approximate surface area is 136 Å². The third kappa shape index (κ3) is 6.91. The van der Waals surface area contributed by atoms with Crippen LogP contribution in [-0.2, 0) is 9.59 Å². The number of benzene rings is 1. The van der Waals surface area contributed by atoms with Crippen LogP contribution in [0, 0.1) is 0 Å². The van der Waals surface area contributed by atoms with Crippen LogP contribution in [0.5, 0.6) is 0 Å². The zero-order chi connectivity index (χ0) is 16.5. The van der Waals surface area contributed by atoms with Crippen LogP contribution in [-0.4, -0.2) is 29.5 Å². The van der Waals surface area contributed by atoms with Crippen LogP contribution in [0.15, 0.2) is 24.3 Å². The number of rotatable bonds is 8. The van der Waals surface area contributed by atoms with Gasteiger partial charge in [-0.05, 0) is 26.3 Å². The standard InChI is InChI=1S/C16H23ClN2O3/c1-11(2)19-16(22)9-5-8-15(21)18-10-14(20)12-6-3-4-7-13(12)17/h3-4,6-7,11,14,20H,5,8-10H2,1-2H3,(H,18,21)(H,19,22). The van der Waals surface area contributed by atoms with Gasteiger partial charge in [0.25, 0.3) is 0 Å². The molecule has 0 aliphatic heterocycles. The van der Waals surface area contributed by atoms with Gasteiger partial charge in [0.05, 0.1) is 6.10 Å². The van der Waals surface area contributed by atoms with Gasteiger partial charge in [-0.1, -0.05) is 29.8 Å². The van der Waals surface area contributed by atoms with Gasteiger partial charge in [-0.2, -0.15) is 0 Å². The van der Waals surface area contributed by atoms with E-state index in [4.69, 9.17) is 11.6 Å². The summed E-state index contributed by atoms with van der Waals surface area (Å²) in [6, 6.07) is 7.07. The van der Waals surface area contributed by atoms with Crippen molar-refractivity contribution in [2.24, 2.45) is 0 Å². The van der Waals surface area contributed by atoms with Crippen LogP contribution in [0.25, 0.3) is 0 Å². The number of nitrogens with one attached hydrogen (secondary N) is 2. The molecule has 1 unspecified atom stereocenters. The maximum Gasteiger partial charge on any atom is 0.220 e. The fraction of sp³-hybridized carbons (Fsp3) is 0.500. The normalized spacial score (nSPS) is 12.0. The second-order valence-corrected chi connectivity index (χ2v) is 5.82.